The number of methoxy groups -OCH3 is 3. The molecule has 0 spiro atoms. The standard InChI is InChI=1S/C12H18N4O4/c1-18-8(17)12(6-4-5-7-12)16-9-13-10(19-2)15-11(14-9)20-3/h4-7H2,1-3H3,(H,13,14,15,16). The molecule has 1 aliphatic carbocycles. The van der Waals surface area contributed by atoms with Gasteiger partial charge in [-0.15, -0.1) is 4.98 Å². The summed E-state index contributed by atoms with van der Waals surface area (Å²) < 4.78 is 14.9. The summed E-state index contributed by atoms with van der Waals surface area (Å²) in [6.45, 7) is 0. The van der Waals surface area contributed by atoms with Gasteiger partial charge in [-0.05, 0) is 12.8 Å². The third kappa shape index (κ3) is 2.73. The lowest BCUT2D eigenvalue weighted by Gasteiger charge is -2.27. The van der Waals surface area contributed by atoms with Crippen molar-refractivity contribution in [2.24, 2.45) is 0 Å². The van der Waals surface area contributed by atoms with E-state index < -0.39 is 5.54 Å². The van der Waals surface area contributed by atoms with E-state index in [1.807, 2.05) is 0 Å². The quantitative estimate of drug-likeness (QED) is 0.792. The summed E-state index contributed by atoms with van der Waals surface area (Å²) in [5.41, 5.74) is -0.786. The number of carbonyl (C=O) groups excluding carboxylic acids is 1. The van der Waals surface area contributed by atoms with Gasteiger partial charge >= 0.3 is 18.0 Å². The zero-order valence-corrected chi connectivity index (χ0v) is 11.8. The highest BCUT2D eigenvalue weighted by molar-refractivity contribution is 5.84. The monoisotopic (exact) mass is 282 g/mol. The van der Waals surface area contributed by atoms with Crippen LogP contribution in [0.15, 0.2) is 0 Å². The smallest absolute Gasteiger partial charge is 0.331 e. The van der Waals surface area contributed by atoms with E-state index in [-0.39, 0.29) is 23.9 Å². The first-order chi connectivity index (χ1) is 9.63. The van der Waals surface area contributed by atoms with Crippen molar-refractivity contribution < 1.29 is 19.0 Å². The molecule has 0 saturated heterocycles. The molecule has 20 heavy (non-hydrogen) atoms. The Bertz CT molecular complexity index is 466. The van der Waals surface area contributed by atoms with Gasteiger partial charge < -0.3 is 19.5 Å². The minimum atomic E-state index is -0.786. The summed E-state index contributed by atoms with van der Waals surface area (Å²) in [5, 5.41) is 3.06. The molecule has 0 aliphatic heterocycles. The number of esters is 1. The molecular weight excluding hydrogens is 264 g/mol. The summed E-state index contributed by atoms with van der Waals surface area (Å²) in [6.07, 6.45) is 3.24. The van der Waals surface area contributed by atoms with Crippen molar-refractivity contribution in [1.82, 2.24) is 15.0 Å². The van der Waals surface area contributed by atoms with Crippen molar-refractivity contribution in [2.75, 3.05) is 26.6 Å². The lowest BCUT2D eigenvalue weighted by Crippen LogP contribution is -2.45. The van der Waals surface area contributed by atoms with Gasteiger partial charge in [-0.3, -0.25) is 0 Å². The average molecular weight is 282 g/mol. The number of aromatic nitrogens is 3. The number of ether oxygens (including phenoxy) is 3. The molecule has 8 heteroatoms. The van der Waals surface area contributed by atoms with E-state index in [9.17, 15) is 4.79 Å². The molecule has 8 nitrogen and oxygen atoms in total. The summed E-state index contributed by atoms with van der Waals surface area (Å²) in [7, 11) is 4.27. The molecule has 0 amide bonds. The third-order valence-corrected chi connectivity index (χ3v) is 3.34. The van der Waals surface area contributed by atoms with Crippen LogP contribution in [0.25, 0.3) is 0 Å². The molecule has 2 rings (SSSR count). The van der Waals surface area contributed by atoms with Crippen LogP contribution in [0.3, 0.4) is 0 Å². The van der Waals surface area contributed by atoms with Crippen molar-refractivity contribution in [1.29, 1.82) is 0 Å². The van der Waals surface area contributed by atoms with Gasteiger partial charge in [0.25, 0.3) is 0 Å². The topological polar surface area (TPSA) is 95.5 Å². The van der Waals surface area contributed by atoms with Crippen molar-refractivity contribution >= 4 is 11.9 Å². The second-order valence-corrected chi connectivity index (χ2v) is 4.54. The van der Waals surface area contributed by atoms with Gasteiger partial charge in [0.2, 0.25) is 5.95 Å². The lowest BCUT2D eigenvalue weighted by molar-refractivity contribution is -0.145. The van der Waals surface area contributed by atoms with E-state index in [4.69, 9.17) is 14.2 Å². The Kier molecular flexibility index (Phi) is 4.21. The predicted molar refractivity (Wildman–Crippen MR) is 69.8 cm³/mol. The number of rotatable bonds is 5. The fourth-order valence-electron chi connectivity index (χ4n) is 2.34. The molecule has 1 aromatic rings. The highest BCUT2D eigenvalue weighted by Crippen LogP contribution is 2.33. The van der Waals surface area contributed by atoms with E-state index in [0.29, 0.717) is 12.8 Å². The van der Waals surface area contributed by atoms with Gasteiger partial charge in [0.15, 0.2) is 0 Å². The molecule has 0 bridgehead atoms. The molecule has 1 aliphatic rings. The molecule has 1 N–H and O–H groups in total. The molecule has 1 fully saturated rings. The van der Waals surface area contributed by atoms with E-state index >= 15 is 0 Å². The molecule has 0 unspecified atom stereocenters. The van der Waals surface area contributed by atoms with Crippen molar-refractivity contribution in [3.05, 3.63) is 0 Å². The van der Waals surface area contributed by atoms with Crippen LogP contribution in [0.2, 0.25) is 0 Å². The average Bonchev–Trinajstić information content (AvgIpc) is 2.95. The number of carbonyl (C=O) groups is 1. The van der Waals surface area contributed by atoms with Gasteiger partial charge in [-0.2, -0.15) is 9.97 Å². The summed E-state index contributed by atoms with van der Waals surface area (Å²) in [4.78, 5) is 24.1. The minimum absolute atomic E-state index is 0.123. The van der Waals surface area contributed by atoms with Crippen molar-refractivity contribution in [2.45, 2.75) is 31.2 Å². The largest absolute Gasteiger partial charge is 0.467 e. The zero-order chi connectivity index (χ0) is 14.6. The second kappa shape index (κ2) is 5.89. The maximum absolute atomic E-state index is 12.0. The number of nitrogens with one attached hydrogen (secondary N) is 1. The Balaban J connectivity index is 2.29. The summed E-state index contributed by atoms with van der Waals surface area (Å²) in [5.74, 6) is -0.0747. The lowest BCUT2D eigenvalue weighted by atomic mass is 9.98. The Morgan fingerprint density at radius 1 is 1.05 bits per heavy atom. The van der Waals surface area contributed by atoms with E-state index in [0.717, 1.165) is 12.8 Å². The first-order valence-corrected chi connectivity index (χ1v) is 6.34. The van der Waals surface area contributed by atoms with Gasteiger partial charge in [-0.1, -0.05) is 12.8 Å². The van der Waals surface area contributed by atoms with Gasteiger partial charge in [0, 0.05) is 0 Å². The first kappa shape index (κ1) is 14.3. The SMILES string of the molecule is COC(=O)C1(Nc2nc(OC)nc(OC)n2)CCCC1. The highest BCUT2D eigenvalue weighted by Gasteiger charge is 2.43. The fraction of sp³-hybridized carbons (Fsp3) is 0.667. The van der Waals surface area contributed by atoms with Crippen molar-refractivity contribution in [3.63, 3.8) is 0 Å². The molecular formula is C12H18N4O4. The van der Waals surface area contributed by atoms with Crippen LogP contribution in [0.4, 0.5) is 5.95 Å². The zero-order valence-electron chi connectivity index (χ0n) is 11.8. The first-order valence-electron chi connectivity index (χ1n) is 6.34. The summed E-state index contributed by atoms with van der Waals surface area (Å²) in [6, 6.07) is 0.245. The number of hydrogen-bond donors (Lipinski definition) is 1. The van der Waals surface area contributed by atoms with Gasteiger partial charge in [0.1, 0.15) is 5.54 Å². The molecule has 1 heterocycles. The van der Waals surface area contributed by atoms with Crippen LogP contribution >= 0.6 is 0 Å². The number of nitrogens with zero attached hydrogens (tertiary/aromatic N) is 3. The number of anilines is 1. The Morgan fingerprint density at radius 2 is 1.60 bits per heavy atom. The maximum atomic E-state index is 12.0. The molecule has 0 atom stereocenters. The van der Waals surface area contributed by atoms with Gasteiger partial charge in [0.05, 0.1) is 21.3 Å². The Hall–Kier alpha value is -2.12. The Labute approximate surface area is 116 Å². The molecule has 110 valence electrons. The van der Waals surface area contributed by atoms with E-state index in [1.54, 1.807) is 0 Å². The van der Waals surface area contributed by atoms with Crippen LogP contribution in [0.1, 0.15) is 25.7 Å². The van der Waals surface area contributed by atoms with Gasteiger partial charge in [-0.25, -0.2) is 4.79 Å². The summed E-state index contributed by atoms with van der Waals surface area (Å²) >= 11 is 0. The van der Waals surface area contributed by atoms with E-state index in [1.165, 1.54) is 21.3 Å². The highest BCUT2D eigenvalue weighted by atomic mass is 16.5. The fourth-order valence-corrected chi connectivity index (χ4v) is 2.34. The Morgan fingerprint density at radius 3 is 2.05 bits per heavy atom. The molecule has 1 saturated carbocycles. The van der Waals surface area contributed by atoms with Crippen LogP contribution in [0, 0.1) is 0 Å². The molecule has 0 radical (unpaired) electrons. The normalized spacial score (nSPS) is 16.6. The third-order valence-electron chi connectivity index (χ3n) is 3.34. The van der Waals surface area contributed by atoms with Crippen LogP contribution in [0.5, 0.6) is 12.0 Å². The molecule has 0 aromatic carbocycles. The van der Waals surface area contributed by atoms with Crippen LogP contribution in [-0.2, 0) is 9.53 Å². The maximum Gasteiger partial charge on any atom is 0.331 e. The minimum Gasteiger partial charge on any atom is -0.467 e. The second-order valence-electron chi connectivity index (χ2n) is 4.54. The van der Waals surface area contributed by atoms with Crippen LogP contribution < -0.4 is 14.8 Å². The number of hydrogen-bond acceptors (Lipinski definition) is 8. The van der Waals surface area contributed by atoms with E-state index in [2.05, 4.69) is 20.3 Å². The molecule has 1 aromatic heterocycles. The van der Waals surface area contributed by atoms with Crippen molar-refractivity contribution in [3.8, 4) is 12.0 Å². The predicted octanol–water partition coefficient (Wildman–Crippen LogP) is 0.786. The van der Waals surface area contributed by atoms with Crippen LogP contribution in [-0.4, -0.2) is 47.8 Å².